The number of quaternary nitrogens is 1. The van der Waals surface area contributed by atoms with E-state index in [1.807, 2.05) is 6.08 Å². The quantitative estimate of drug-likeness (QED) is 0.526. The van der Waals surface area contributed by atoms with Gasteiger partial charge in [0.25, 0.3) is 0 Å². The standard InChI is InChI=1S/C20H24N2O3/c1-3-13-12-22(24)9-7-14(13)10-19(22)20(23)16-6-8-21-18-5-4-15(25-2)11-17(16)18/h3-6,8,11,13-14,19-20,23H,1,7,9-10,12H2,2H3/t13-,14?,19+,20-,22?/m0/s1/i2D3. The molecule has 132 valence electrons. The summed E-state index contributed by atoms with van der Waals surface area (Å²) in [5.41, 5.74) is 1.20. The number of hydrogen-bond donors (Lipinski definition) is 1. The van der Waals surface area contributed by atoms with Gasteiger partial charge in [-0.3, -0.25) is 4.98 Å². The Hall–Kier alpha value is -1.95. The number of ether oxygens (including phenoxy) is 1. The largest absolute Gasteiger partial charge is 0.632 e. The maximum atomic E-state index is 13.4. The van der Waals surface area contributed by atoms with Crippen LogP contribution in [0.1, 0.15) is 28.6 Å². The van der Waals surface area contributed by atoms with E-state index in [0.717, 1.165) is 6.42 Å². The van der Waals surface area contributed by atoms with Crippen molar-refractivity contribution in [3.63, 3.8) is 0 Å². The van der Waals surface area contributed by atoms with Crippen molar-refractivity contribution in [2.75, 3.05) is 20.1 Å². The zero-order valence-electron chi connectivity index (χ0n) is 17.0. The van der Waals surface area contributed by atoms with Crippen molar-refractivity contribution >= 4 is 10.9 Å². The predicted molar refractivity (Wildman–Crippen MR) is 96.8 cm³/mol. The zero-order valence-corrected chi connectivity index (χ0v) is 14.0. The second-order valence-corrected chi connectivity index (χ2v) is 7.24. The van der Waals surface area contributed by atoms with Gasteiger partial charge in [-0.15, -0.1) is 6.58 Å². The molecule has 5 nitrogen and oxygen atoms in total. The lowest BCUT2D eigenvalue weighted by Crippen LogP contribution is -2.64. The van der Waals surface area contributed by atoms with Crippen molar-refractivity contribution in [3.05, 3.63) is 53.9 Å². The Morgan fingerprint density at radius 2 is 2.40 bits per heavy atom. The molecule has 2 bridgehead atoms. The number of rotatable bonds is 4. The molecule has 1 N–H and O–H groups in total. The lowest BCUT2D eigenvalue weighted by atomic mass is 9.73. The molecule has 2 aromatic rings. The molecular weight excluding hydrogens is 316 g/mol. The minimum Gasteiger partial charge on any atom is -0.632 e. The molecule has 0 aliphatic carbocycles. The van der Waals surface area contributed by atoms with E-state index in [9.17, 15) is 10.3 Å². The van der Waals surface area contributed by atoms with Gasteiger partial charge in [-0.2, -0.15) is 0 Å². The number of hydrogen-bond acceptors (Lipinski definition) is 4. The van der Waals surface area contributed by atoms with Gasteiger partial charge in [0.1, 0.15) is 17.9 Å². The van der Waals surface area contributed by atoms with Gasteiger partial charge in [-0.05, 0) is 35.7 Å². The molecule has 0 spiro atoms. The number of nitrogens with zero attached hydrogens (tertiary/aromatic N) is 2. The molecule has 1 aromatic carbocycles. The van der Waals surface area contributed by atoms with E-state index in [2.05, 4.69) is 11.6 Å². The number of methoxy groups -OCH3 is 1. The summed E-state index contributed by atoms with van der Waals surface area (Å²) >= 11 is 0. The van der Waals surface area contributed by atoms with Gasteiger partial charge in [-0.1, -0.05) is 6.08 Å². The summed E-state index contributed by atoms with van der Waals surface area (Å²) in [7, 11) is -2.56. The molecule has 3 aliphatic rings. The molecule has 2 unspecified atom stereocenters. The number of benzene rings is 1. The predicted octanol–water partition coefficient (Wildman–Crippen LogP) is 3.19. The van der Waals surface area contributed by atoms with Gasteiger partial charge in [0.05, 0.1) is 29.8 Å². The summed E-state index contributed by atoms with van der Waals surface area (Å²) in [4.78, 5) is 4.29. The molecule has 5 rings (SSSR count). The molecule has 3 fully saturated rings. The van der Waals surface area contributed by atoms with E-state index in [1.165, 1.54) is 0 Å². The van der Waals surface area contributed by atoms with E-state index >= 15 is 0 Å². The fourth-order valence-corrected chi connectivity index (χ4v) is 4.62. The fourth-order valence-electron chi connectivity index (χ4n) is 4.62. The van der Waals surface area contributed by atoms with Crippen LogP contribution in [0.15, 0.2) is 43.1 Å². The molecule has 3 aliphatic heterocycles. The summed E-state index contributed by atoms with van der Waals surface area (Å²) in [5.74, 6) is 0.744. The summed E-state index contributed by atoms with van der Waals surface area (Å²) < 4.78 is 26.5. The SMILES string of the molecule is [2H]C([2H])([2H])Oc1ccc2nccc([C@H](O)[C@H]3CC4CC[N+]3([O-])C[C@@H]4C=C)c2c1. The molecule has 5 heteroatoms. The molecule has 5 atom stereocenters. The smallest absolute Gasteiger partial charge is 0.132 e. The Kier molecular flexibility index (Phi) is 3.24. The highest BCUT2D eigenvalue weighted by Gasteiger charge is 2.49. The third-order valence-corrected chi connectivity index (χ3v) is 6.00. The van der Waals surface area contributed by atoms with Crippen LogP contribution in [-0.4, -0.2) is 40.9 Å². The second-order valence-electron chi connectivity index (χ2n) is 7.24. The van der Waals surface area contributed by atoms with Gasteiger partial charge < -0.3 is 19.7 Å². The lowest BCUT2D eigenvalue weighted by Gasteiger charge is -2.61. The summed E-state index contributed by atoms with van der Waals surface area (Å²) in [6, 6.07) is 6.03. The Labute approximate surface area is 151 Å². The van der Waals surface area contributed by atoms with Crippen LogP contribution in [-0.2, 0) is 0 Å². The lowest BCUT2D eigenvalue weighted by molar-refractivity contribution is -0.929. The Bertz CT molecular complexity index is 904. The van der Waals surface area contributed by atoms with Crippen LogP contribution in [0.2, 0.25) is 0 Å². The normalized spacial score (nSPS) is 34.8. The number of fused-ring (bicyclic) bond motifs is 4. The first-order valence-corrected chi connectivity index (χ1v) is 8.66. The molecule has 4 heterocycles. The minimum absolute atomic E-state index is 0.178. The van der Waals surface area contributed by atoms with Gasteiger partial charge in [0.2, 0.25) is 0 Å². The molecule has 25 heavy (non-hydrogen) atoms. The van der Waals surface area contributed by atoms with Crippen molar-refractivity contribution in [2.45, 2.75) is 25.0 Å². The van der Waals surface area contributed by atoms with Crippen LogP contribution in [0.4, 0.5) is 0 Å². The van der Waals surface area contributed by atoms with Gasteiger partial charge in [0, 0.05) is 30.3 Å². The zero-order chi connectivity index (χ0) is 20.1. The number of aliphatic hydroxyl groups excluding tert-OH is 1. The third-order valence-electron chi connectivity index (χ3n) is 6.00. The number of hydroxylamine groups is 3. The second kappa shape index (κ2) is 6.09. The number of aromatic nitrogens is 1. The molecule has 0 radical (unpaired) electrons. The first-order chi connectivity index (χ1) is 13.2. The molecule has 0 saturated carbocycles. The summed E-state index contributed by atoms with van der Waals surface area (Å²) in [6.45, 7) is 4.82. The van der Waals surface area contributed by atoms with Gasteiger partial charge in [0.15, 0.2) is 0 Å². The summed E-state index contributed by atoms with van der Waals surface area (Å²) in [6.07, 6.45) is 4.02. The molecular formula is C20H24N2O3. The monoisotopic (exact) mass is 343 g/mol. The van der Waals surface area contributed by atoms with Crippen LogP contribution in [0, 0.1) is 17.0 Å². The van der Waals surface area contributed by atoms with Gasteiger partial charge in [-0.25, -0.2) is 0 Å². The minimum atomic E-state index is -2.56. The van der Waals surface area contributed by atoms with E-state index in [0.29, 0.717) is 41.9 Å². The molecule has 1 aromatic heterocycles. The highest BCUT2D eigenvalue weighted by Crippen LogP contribution is 2.46. The van der Waals surface area contributed by atoms with Crippen LogP contribution in [0.3, 0.4) is 0 Å². The number of pyridine rings is 1. The topological polar surface area (TPSA) is 65.4 Å². The maximum Gasteiger partial charge on any atom is 0.132 e. The van der Waals surface area contributed by atoms with E-state index in [-0.39, 0.29) is 11.7 Å². The van der Waals surface area contributed by atoms with Crippen molar-refractivity contribution in [3.8, 4) is 5.75 Å². The summed E-state index contributed by atoms with van der Waals surface area (Å²) in [5, 5.41) is 25.2. The Balaban J connectivity index is 1.70. The highest BCUT2D eigenvalue weighted by molar-refractivity contribution is 5.83. The van der Waals surface area contributed by atoms with Crippen molar-refractivity contribution < 1.29 is 18.6 Å². The third kappa shape index (κ3) is 2.63. The van der Waals surface area contributed by atoms with Gasteiger partial charge >= 0.3 is 0 Å². The first-order valence-electron chi connectivity index (χ1n) is 10.2. The van der Waals surface area contributed by atoms with Crippen LogP contribution in [0.5, 0.6) is 5.75 Å². The van der Waals surface area contributed by atoms with E-state index in [4.69, 9.17) is 8.85 Å². The molecule has 3 saturated heterocycles. The van der Waals surface area contributed by atoms with Crippen molar-refractivity contribution in [1.82, 2.24) is 4.98 Å². The number of aliphatic hydroxyl groups is 1. The Morgan fingerprint density at radius 1 is 1.52 bits per heavy atom. The number of piperidine rings is 3. The molecule has 0 amide bonds. The highest BCUT2D eigenvalue weighted by atomic mass is 16.6. The first kappa shape index (κ1) is 13.3. The fraction of sp³-hybridized carbons (Fsp3) is 0.450. The van der Waals surface area contributed by atoms with E-state index in [1.54, 1.807) is 30.5 Å². The van der Waals surface area contributed by atoms with Crippen LogP contribution < -0.4 is 4.74 Å². The average Bonchev–Trinajstić information content (AvgIpc) is 2.65. The average molecular weight is 343 g/mol. The maximum absolute atomic E-state index is 13.4. The van der Waals surface area contributed by atoms with Crippen LogP contribution in [0.25, 0.3) is 10.9 Å². The van der Waals surface area contributed by atoms with E-state index < -0.39 is 23.8 Å². The van der Waals surface area contributed by atoms with Crippen molar-refractivity contribution in [1.29, 1.82) is 0 Å². The van der Waals surface area contributed by atoms with Crippen LogP contribution >= 0.6 is 0 Å². The Morgan fingerprint density at radius 3 is 3.16 bits per heavy atom. The van der Waals surface area contributed by atoms with Crippen molar-refractivity contribution in [2.24, 2.45) is 11.8 Å².